The lowest BCUT2D eigenvalue weighted by Crippen LogP contribution is -1.80. The molecule has 0 atom stereocenters. The predicted octanol–water partition coefficient (Wildman–Crippen LogP) is 5.35. The van der Waals surface area contributed by atoms with Crippen LogP contribution in [0, 0.1) is 0 Å². The van der Waals surface area contributed by atoms with Crippen molar-refractivity contribution in [1.82, 2.24) is 0 Å². The fraction of sp³-hybridized carbons (Fsp3) is 0.846. The summed E-state index contributed by atoms with van der Waals surface area (Å²) < 4.78 is 0. The van der Waals surface area contributed by atoms with Crippen molar-refractivity contribution in [2.45, 2.75) is 71.1 Å². The molecular formula is C13H26S. The van der Waals surface area contributed by atoms with Crippen LogP contribution < -0.4 is 0 Å². The average molecular weight is 214 g/mol. The van der Waals surface area contributed by atoms with Gasteiger partial charge in [0.1, 0.15) is 0 Å². The van der Waals surface area contributed by atoms with Crippen molar-refractivity contribution >= 4 is 12.6 Å². The molecule has 0 aliphatic rings. The van der Waals surface area contributed by atoms with Crippen molar-refractivity contribution in [3.05, 3.63) is 11.5 Å². The van der Waals surface area contributed by atoms with E-state index in [4.69, 9.17) is 0 Å². The van der Waals surface area contributed by atoms with E-state index in [2.05, 4.69) is 25.6 Å². The first-order chi connectivity index (χ1) is 6.91. The minimum Gasteiger partial charge on any atom is -0.152 e. The van der Waals surface area contributed by atoms with E-state index in [0.717, 1.165) is 0 Å². The molecule has 0 saturated heterocycles. The standard InChI is InChI=1S/C13H26S/c1-2-3-4-5-6-7-8-9-10-11-12-13-14/h12-14H,2-11H2,1H3. The van der Waals surface area contributed by atoms with Crippen LogP contribution in [0.2, 0.25) is 0 Å². The summed E-state index contributed by atoms with van der Waals surface area (Å²) in [6, 6.07) is 0. The highest BCUT2D eigenvalue weighted by molar-refractivity contribution is 7.83. The molecule has 0 saturated carbocycles. The highest BCUT2D eigenvalue weighted by Crippen LogP contribution is 2.10. The summed E-state index contributed by atoms with van der Waals surface area (Å²) in [7, 11) is 0. The van der Waals surface area contributed by atoms with Gasteiger partial charge in [-0.1, -0.05) is 64.4 Å². The number of hydrogen-bond acceptors (Lipinski definition) is 1. The molecule has 0 nitrogen and oxygen atoms in total. The number of allylic oxidation sites excluding steroid dienone is 1. The van der Waals surface area contributed by atoms with Gasteiger partial charge < -0.3 is 0 Å². The monoisotopic (exact) mass is 214 g/mol. The minimum absolute atomic E-state index is 1.21. The van der Waals surface area contributed by atoms with Crippen LogP contribution in [0.15, 0.2) is 11.5 Å². The molecule has 0 aromatic heterocycles. The van der Waals surface area contributed by atoms with Crippen LogP contribution in [0.25, 0.3) is 0 Å². The van der Waals surface area contributed by atoms with E-state index in [0.29, 0.717) is 0 Å². The lowest BCUT2D eigenvalue weighted by molar-refractivity contribution is 0.566. The Bertz CT molecular complexity index is 118. The van der Waals surface area contributed by atoms with Crippen LogP contribution in [-0.4, -0.2) is 0 Å². The van der Waals surface area contributed by atoms with E-state index in [1.54, 1.807) is 0 Å². The summed E-state index contributed by atoms with van der Waals surface area (Å²) in [6.07, 6.45) is 16.1. The molecule has 0 aliphatic carbocycles. The fourth-order valence-corrected chi connectivity index (χ4v) is 1.80. The number of unbranched alkanes of at least 4 members (excludes halogenated alkanes) is 9. The quantitative estimate of drug-likeness (QED) is 0.368. The second kappa shape index (κ2) is 13.1. The van der Waals surface area contributed by atoms with E-state index in [9.17, 15) is 0 Å². The van der Waals surface area contributed by atoms with Crippen LogP contribution in [0.5, 0.6) is 0 Å². The van der Waals surface area contributed by atoms with Crippen molar-refractivity contribution in [2.24, 2.45) is 0 Å². The summed E-state index contributed by atoms with van der Waals surface area (Å²) in [5.74, 6) is 0. The van der Waals surface area contributed by atoms with Gasteiger partial charge in [-0.2, -0.15) is 12.6 Å². The van der Waals surface area contributed by atoms with Crippen molar-refractivity contribution in [1.29, 1.82) is 0 Å². The van der Waals surface area contributed by atoms with E-state index in [1.807, 2.05) is 5.41 Å². The van der Waals surface area contributed by atoms with E-state index < -0.39 is 0 Å². The normalized spacial score (nSPS) is 11.3. The molecule has 14 heavy (non-hydrogen) atoms. The van der Waals surface area contributed by atoms with Crippen LogP contribution in [0.4, 0.5) is 0 Å². The molecule has 0 spiro atoms. The van der Waals surface area contributed by atoms with Crippen molar-refractivity contribution in [3.8, 4) is 0 Å². The van der Waals surface area contributed by atoms with Crippen molar-refractivity contribution in [3.63, 3.8) is 0 Å². The Kier molecular flexibility index (Phi) is 13.2. The highest BCUT2D eigenvalue weighted by Gasteiger charge is 1.90. The van der Waals surface area contributed by atoms with E-state index in [-0.39, 0.29) is 0 Å². The third kappa shape index (κ3) is 12.1. The molecule has 0 radical (unpaired) electrons. The van der Waals surface area contributed by atoms with E-state index >= 15 is 0 Å². The predicted molar refractivity (Wildman–Crippen MR) is 70.0 cm³/mol. The Morgan fingerprint density at radius 2 is 1.29 bits per heavy atom. The molecule has 0 fully saturated rings. The lowest BCUT2D eigenvalue weighted by atomic mass is 10.1. The maximum atomic E-state index is 4.03. The van der Waals surface area contributed by atoms with Gasteiger partial charge in [0.25, 0.3) is 0 Å². The molecular weight excluding hydrogens is 188 g/mol. The summed E-state index contributed by atoms with van der Waals surface area (Å²) in [5.41, 5.74) is 0. The maximum absolute atomic E-state index is 4.03. The average Bonchev–Trinajstić information content (AvgIpc) is 2.21. The molecule has 0 rings (SSSR count). The third-order valence-corrected chi connectivity index (χ3v) is 2.79. The Morgan fingerprint density at radius 1 is 0.786 bits per heavy atom. The Hall–Kier alpha value is 0.0900. The van der Waals surface area contributed by atoms with Gasteiger partial charge in [-0.05, 0) is 18.2 Å². The van der Waals surface area contributed by atoms with Crippen molar-refractivity contribution < 1.29 is 0 Å². The molecule has 0 unspecified atom stereocenters. The summed E-state index contributed by atoms with van der Waals surface area (Å²) in [4.78, 5) is 0. The SMILES string of the molecule is CCCCCCCCCCCC=CS. The highest BCUT2D eigenvalue weighted by atomic mass is 32.1. The zero-order valence-electron chi connectivity index (χ0n) is 9.67. The molecule has 0 bridgehead atoms. The number of rotatable bonds is 10. The van der Waals surface area contributed by atoms with Gasteiger partial charge in [0.15, 0.2) is 0 Å². The van der Waals surface area contributed by atoms with Crippen LogP contribution in [-0.2, 0) is 0 Å². The van der Waals surface area contributed by atoms with Crippen LogP contribution in [0.3, 0.4) is 0 Å². The molecule has 0 aromatic rings. The summed E-state index contributed by atoms with van der Waals surface area (Å²) >= 11 is 4.03. The molecule has 0 aliphatic heterocycles. The second-order valence-electron chi connectivity index (χ2n) is 4.00. The van der Waals surface area contributed by atoms with Crippen LogP contribution in [0.1, 0.15) is 71.1 Å². The van der Waals surface area contributed by atoms with E-state index in [1.165, 1.54) is 64.2 Å². The van der Waals surface area contributed by atoms with Gasteiger partial charge in [0.05, 0.1) is 0 Å². The lowest BCUT2D eigenvalue weighted by Gasteiger charge is -2.00. The first kappa shape index (κ1) is 14.1. The van der Waals surface area contributed by atoms with Gasteiger partial charge in [-0.15, -0.1) is 0 Å². The summed E-state index contributed by atoms with van der Waals surface area (Å²) in [5, 5.41) is 1.85. The molecule has 0 N–H and O–H groups in total. The topological polar surface area (TPSA) is 0 Å². The molecule has 0 amide bonds. The largest absolute Gasteiger partial charge is 0.152 e. The number of thiol groups is 1. The second-order valence-corrected chi connectivity index (χ2v) is 4.30. The molecule has 1 heteroatoms. The van der Waals surface area contributed by atoms with Gasteiger partial charge >= 0.3 is 0 Å². The third-order valence-electron chi connectivity index (χ3n) is 2.58. The maximum Gasteiger partial charge on any atom is -0.0343 e. The van der Waals surface area contributed by atoms with Gasteiger partial charge in [-0.25, -0.2) is 0 Å². The van der Waals surface area contributed by atoms with Gasteiger partial charge in [-0.3, -0.25) is 0 Å². The number of hydrogen-bond donors (Lipinski definition) is 1. The van der Waals surface area contributed by atoms with Gasteiger partial charge in [0, 0.05) is 0 Å². The summed E-state index contributed by atoms with van der Waals surface area (Å²) in [6.45, 7) is 2.27. The minimum atomic E-state index is 1.21. The van der Waals surface area contributed by atoms with Crippen LogP contribution >= 0.6 is 12.6 Å². The smallest absolute Gasteiger partial charge is 0.0343 e. The molecule has 84 valence electrons. The van der Waals surface area contributed by atoms with Crippen molar-refractivity contribution in [2.75, 3.05) is 0 Å². The van der Waals surface area contributed by atoms with Gasteiger partial charge in [0.2, 0.25) is 0 Å². The zero-order chi connectivity index (χ0) is 10.5. The Morgan fingerprint density at radius 3 is 1.79 bits per heavy atom. The Balaban J connectivity index is 2.85. The Labute approximate surface area is 95.6 Å². The molecule has 0 aromatic carbocycles. The molecule has 0 heterocycles. The fourth-order valence-electron chi connectivity index (χ4n) is 1.65. The first-order valence-corrected chi connectivity index (χ1v) is 6.72. The first-order valence-electron chi connectivity index (χ1n) is 6.21. The zero-order valence-corrected chi connectivity index (χ0v) is 10.6.